The van der Waals surface area contributed by atoms with Crippen molar-refractivity contribution >= 4 is 23.2 Å². The van der Waals surface area contributed by atoms with Crippen LogP contribution in [0.25, 0.3) is 16.9 Å². The van der Waals surface area contributed by atoms with Crippen LogP contribution in [-0.4, -0.2) is 36.5 Å². The molecule has 0 aliphatic heterocycles. The van der Waals surface area contributed by atoms with Gasteiger partial charge in [0.15, 0.2) is 11.3 Å². The van der Waals surface area contributed by atoms with Crippen LogP contribution in [0.15, 0.2) is 42.6 Å². The molecule has 0 aliphatic rings. The van der Waals surface area contributed by atoms with Crippen molar-refractivity contribution in [2.75, 3.05) is 0 Å². The molecule has 0 atom stereocenters. The summed E-state index contributed by atoms with van der Waals surface area (Å²) >= 11 is 6.04. The molecule has 0 unspecified atom stereocenters. The fourth-order valence-electron chi connectivity index (χ4n) is 3.20. The Morgan fingerprint density at radius 1 is 1.09 bits per heavy atom. The SMILES string of the molecule is CCn1cc(Cl)c(CNC(=O)c2cc3nc(-c4ccc(F)cc4)cc(C(F)(F)C(F)(F)F)n3n2)n1. The van der Waals surface area contributed by atoms with Gasteiger partial charge in [-0.1, -0.05) is 11.6 Å². The lowest BCUT2D eigenvalue weighted by molar-refractivity contribution is -0.291. The first-order valence-electron chi connectivity index (χ1n) is 10.0. The number of amides is 1. The summed E-state index contributed by atoms with van der Waals surface area (Å²) in [4.78, 5) is 16.6. The number of nitrogens with zero attached hydrogens (tertiary/aromatic N) is 5. The van der Waals surface area contributed by atoms with E-state index in [4.69, 9.17) is 11.6 Å². The number of carbonyl (C=O) groups is 1. The first kappa shape index (κ1) is 24.5. The third-order valence-electron chi connectivity index (χ3n) is 5.01. The lowest BCUT2D eigenvalue weighted by Crippen LogP contribution is -2.36. The molecule has 1 N–H and O–H groups in total. The maximum absolute atomic E-state index is 14.4. The molecule has 1 aromatic carbocycles. The minimum absolute atomic E-state index is 0.0847. The number of alkyl halides is 5. The second kappa shape index (κ2) is 8.87. The van der Waals surface area contributed by atoms with Crippen LogP contribution in [0.5, 0.6) is 0 Å². The number of nitrogens with one attached hydrogen (secondary N) is 1. The van der Waals surface area contributed by atoms with E-state index >= 15 is 0 Å². The van der Waals surface area contributed by atoms with Crippen molar-refractivity contribution in [2.24, 2.45) is 0 Å². The first-order valence-corrected chi connectivity index (χ1v) is 10.4. The third-order valence-corrected chi connectivity index (χ3v) is 5.32. The van der Waals surface area contributed by atoms with E-state index in [-0.39, 0.29) is 27.3 Å². The Balaban J connectivity index is 1.75. The first-order chi connectivity index (χ1) is 16.4. The van der Waals surface area contributed by atoms with Crippen LogP contribution in [0, 0.1) is 5.82 Å². The molecule has 7 nitrogen and oxygen atoms in total. The van der Waals surface area contributed by atoms with Gasteiger partial charge in [-0.2, -0.15) is 32.1 Å². The highest BCUT2D eigenvalue weighted by Crippen LogP contribution is 2.44. The van der Waals surface area contributed by atoms with E-state index in [2.05, 4.69) is 20.5 Å². The third kappa shape index (κ3) is 4.67. The highest BCUT2D eigenvalue weighted by molar-refractivity contribution is 6.31. The van der Waals surface area contributed by atoms with Crippen molar-refractivity contribution in [2.45, 2.75) is 32.1 Å². The van der Waals surface area contributed by atoms with Gasteiger partial charge in [-0.05, 0) is 37.3 Å². The Labute approximate surface area is 198 Å². The van der Waals surface area contributed by atoms with Gasteiger partial charge in [-0.3, -0.25) is 9.48 Å². The van der Waals surface area contributed by atoms with Crippen molar-refractivity contribution in [3.8, 4) is 11.3 Å². The normalized spacial score (nSPS) is 12.3. The maximum Gasteiger partial charge on any atom is 0.459 e. The van der Waals surface area contributed by atoms with E-state index in [1.165, 1.54) is 16.8 Å². The molecule has 14 heteroatoms. The summed E-state index contributed by atoms with van der Waals surface area (Å²) in [6, 6.07) is 5.82. The Morgan fingerprint density at radius 2 is 1.77 bits per heavy atom. The second-order valence-corrected chi connectivity index (χ2v) is 7.77. The summed E-state index contributed by atoms with van der Waals surface area (Å²) < 4.78 is 83.5. The number of fused-ring (bicyclic) bond motifs is 1. The number of hydrogen-bond donors (Lipinski definition) is 1. The van der Waals surface area contributed by atoms with E-state index in [1.807, 2.05) is 6.92 Å². The molecule has 4 rings (SSSR count). The largest absolute Gasteiger partial charge is 0.459 e. The molecule has 35 heavy (non-hydrogen) atoms. The van der Waals surface area contributed by atoms with E-state index < -0.39 is 40.9 Å². The lowest BCUT2D eigenvalue weighted by Gasteiger charge is -2.21. The van der Waals surface area contributed by atoms with Gasteiger partial charge >= 0.3 is 12.1 Å². The maximum atomic E-state index is 14.4. The van der Waals surface area contributed by atoms with Gasteiger partial charge in [0.2, 0.25) is 0 Å². The second-order valence-electron chi connectivity index (χ2n) is 7.37. The summed E-state index contributed by atoms with van der Waals surface area (Å²) in [6.07, 6.45) is -4.41. The van der Waals surface area contributed by atoms with Crippen molar-refractivity contribution in [3.05, 3.63) is 70.5 Å². The monoisotopic (exact) mass is 516 g/mol. The fraction of sp³-hybridized carbons (Fsp3) is 0.238. The average Bonchev–Trinajstić information content (AvgIpc) is 3.39. The summed E-state index contributed by atoms with van der Waals surface area (Å²) in [5, 5.41) is 10.5. The molecule has 3 aromatic heterocycles. The summed E-state index contributed by atoms with van der Waals surface area (Å²) in [7, 11) is 0. The molecule has 184 valence electrons. The predicted octanol–water partition coefficient (Wildman–Crippen LogP) is 4.99. The minimum atomic E-state index is -5.95. The standard InChI is InChI=1S/C21H15ClF6N6O/c1-2-33-10-13(22)16(31-33)9-29-19(35)15-8-18-30-14(11-3-5-12(23)6-4-11)7-17(34(18)32-15)20(24,25)21(26,27)28/h3-8,10H,2,9H2,1H3,(H,29,35). The van der Waals surface area contributed by atoms with Crippen molar-refractivity contribution in [1.82, 2.24) is 29.7 Å². The van der Waals surface area contributed by atoms with E-state index in [0.29, 0.717) is 18.3 Å². The van der Waals surface area contributed by atoms with Crippen molar-refractivity contribution < 1.29 is 31.1 Å². The predicted molar refractivity (Wildman–Crippen MR) is 112 cm³/mol. The molecule has 1 amide bonds. The Kier molecular flexibility index (Phi) is 6.21. The smallest absolute Gasteiger partial charge is 0.345 e. The van der Waals surface area contributed by atoms with Gasteiger partial charge in [0.25, 0.3) is 5.91 Å². The summed E-state index contributed by atoms with van der Waals surface area (Å²) in [5.41, 5.74) is -2.34. The number of aromatic nitrogens is 5. The Bertz CT molecular complexity index is 1400. The number of carbonyl (C=O) groups excluding carboxylic acids is 1. The van der Waals surface area contributed by atoms with Gasteiger partial charge in [-0.15, -0.1) is 0 Å². The molecule has 3 heterocycles. The molecule has 0 aliphatic carbocycles. The molecule has 0 spiro atoms. The summed E-state index contributed by atoms with van der Waals surface area (Å²) in [6.45, 7) is 2.21. The van der Waals surface area contributed by atoms with Crippen LogP contribution in [0.3, 0.4) is 0 Å². The summed E-state index contributed by atoms with van der Waals surface area (Å²) in [5.74, 6) is -6.84. The molecule has 0 radical (unpaired) electrons. The van der Waals surface area contributed by atoms with Crippen LogP contribution in [-0.2, 0) is 19.0 Å². The number of halogens is 7. The van der Waals surface area contributed by atoms with Crippen LogP contribution in [0.2, 0.25) is 5.02 Å². The van der Waals surface area contributed by atoms with E-state index in [0.717, 1.165) is 18.2 Å². The lowest BCUT2D eigenvalue weighted by atomic mass is 10.1. The van der Waals surface area contributed by atoms with Crippen LogP contribution < -0.4 is 5.32 Å². The van der Waals surface area contributed by atoms with Gasteiger partial charge in [0.05, 0.1) is 17.3 Å². The van der Waals surface area contributed by atoms with Gasteiger partial charge < -0.3 is 5.32 Å². The molecular formula is C21H15ClF6N6O. The van der Waals surface area contributed by atoms with E-state index in [1.54, 1.807) is 6.20 Å². The number of benzene rings is 1. The zero-order valence-electron chi connectivity index (χ0n) is 17.7. The Morgan fingerprint density at radius 3 is 2.37 bits per heavy atom. The topological polar surface area (TPSA) is 77.1 Å². The fourth-order valence-corrected chi connectivity index (χ4v) is 3.41. The molecular weight excluding hydrogens is 502 g/mol. The molecule has 0 saturated heterocycles. The van der Waals surface area contributed by atoms with Crippen molar-refractivity contribution in [1.29, 1.82) is 0 Å². The van der Waals surface area contributed by atoms with Gasteiger partial charge in [0.1, 0.15) is 17.2 Å². The van der Waals surface area contributed by atoms with Crippen LogP contribution >= 0.6 is 11.6 Å². The quantitative estimate of drug-likeness (QED) is 0.366. The zero-order chi connectivity index (χ0) is 25.5. The van der Waals surface area contributed by atoms with Crippen molar-refractivity contribution in [3.63, 3.8) is 0 Å². The average molecular weight is 517 g/mol. The zero-order valence-corrected chi connectivity index (χ0v) is 18.5. The molecule has 0 saturated carbocycles. The number of hydrogen-bond acceptors (Lipinski definition) is 4. The Hall–Kier alpha value is -3.61. The highest BCUT2D eigenvalue weighted by Gasteiger charge is 2.60. The van der Waals surface area contributed by atoms with Crippen LogP contribution in [0.1, 0.15) is 28.8 Å². The molecule has 0 bridgehead atoms. The van der Waals surface area contributed by atoms with Gasteiger partial charge in [0, 0.05) is 24.4 Å². The highest BCUT2D eigenvalue weighted by atomic mass is 35.5. The molecule has 4 aromatic rings. The number of aryl methyl sites for hydroxylation is 1. The number of rotatable bonds is 6. The van der Waals surface area contributed by atoms with Gasteiger partial charge in [-0.25, -0.2) is 13.9 Å². The van der Waals surface area contributed by atoms with E-state index in [9.17, 15) is 31.1 Å². The molecule has 0 fully saturated rings. The minimum Gasteiger partial charge on any atom is -0.345 e. The van der Waals surface area contributed by atoms with Crippen LogP contribution in [0.4, 0.5) is 26.3 Å².